The second kappa shape index (κ2) is 2.27. The van der Waals surface area contributed by atoms with Gasteiger partial charge in [-0.25, -0.2) is 4.79 Å². The van der Waals surface area contributed by atoms with Crippen LogP contribution in [0.3, 0.4) is 0 Å². The molecule has 5 rings (SSSR count). The van der Waals surface area contributed by atoms with E-state index in [0.717, 1.165) is 24.7 Å². The topological polar surface area (TPSA) is 35.5 Å². The maximum Gasteiger partial charge on any atom is 0.509 e. The molecule has 0 aromatic heterocycles. The van der Waals surface area contributed by atoms with E-state index in [0.29, 0.717) is 0 Å². The van der Waals surface area contributed by atoms with E-state index in [-0.39, 0.29) is 16.6 Å². The molecule has 3 nitrogen and oxygen atoms in total. The summed E-state index contributed by atoms with van der Waals surface area (Å²) in [7, 11) is 0. The first-order valence-electron chi connectivity index (χ1n) is 6.38. The van der Waals surface area contributed by atoms with Crippen LogP contribution in [0.1, 0.15) is 46.0 Å². The van der Waals surface area contributed by atoms with Gasteiger partial charge in [0.25, 0.3) is 0 Å². The molecule has 0 amide bonds. The van der Waals surface area contributed by atoms with E-state index in [9.17, 15) is 4.79 Å². The molecule has 4 saturated carbocycles. The fraction of sp³-hybridized carbons (Fsp3) is 0.923. The summed E-state index contributed by atoms with van der Waals surface area (Å²) in [5.41, 5.74) is -0.517. The van der Waals surface area contributed by atoms with Gasteiger partial charge in [-0.3, -0.25) is 0 Å². The summed E-state index contributed by atoms with van der Waals surface area (Å²) in [5, 5.41) is 0. The highest BCUT2D eigenvalue weighted by Gasteiger charge is 2.75. The molecule has 5 aliphatic rings. The first kappa shape index (κ1) is 9.32. The summed E-state index contributed by atoms with van der Waals surface area (Å²) in [4.78, 5) is 11.6. The average Bonchev–Trinajstić information content (AvgIpc) is 2.36. The lowest BCUT2D eigenvalue weighted by Gasteiger charge is -2.65. The summed E-state index contributed by atoms with van der Waals surface area (Å²) in [6, 6.07) is 0. The molecule has 4 aliphatic carbocycles. The van der Waals surface area contributed by atoms with Gasteiger partial charge in [0.1, 0.15) is 0 Å². The lowest BCUT2D eigenvalue weighted by Crippen LogP contribution is -2.70. The van der Waals surface area contributed by atoms with Gasteiger partial charge >= 0.3 is 6.16 Å². The summed E-state index contributed by atoms with van der Waals surface area (Å²) in [6.07, 6.45) is 5.38. The Labute approximate surface area is 95.5 Å². The fourth-order valence-corrected chi connectivity index (χ4v) is 5.40. The van der Waals surface area contributed by atoms with Gasteiger partial charge in [-0.2, -0.15) is 0 Å². The minimum Gasteiger partial charge on any atom is -0.423 e. The maximum atomic E-state index is 11.6. The highest BCUT2D eigenvalue weighted by Crippen LogP contribution is 2.70. The standard InChI is InChI=1S/C13H18O3/c1-11-4-8-3-9(5-11)7-13(6-8)12(11,2)15-10(14)16-13/h8-9H,3-7H2,1-2H3. The number of rotatable bonds is 0. The Kier molecular flexibility index (Phi) is 1.32. The Morgan fingerprint density at radius 2 is 1.69 bits per heavy atom. The van der Waals surface area contributed by atoms with E-state index >= 15 is 0 Å². The van der Waals surface area contributed by atoms with Gasteiger partial charge in [-0.05, 0) is 50.9 Å². The SMILES string of the molecule is CC12CC3CC(C1)CC1(C3)OC(=O)OC21C. The Bertz CT molecular complexity index is 375. The molecule has 3 heteroatoms. The molecule has 88 valence electrons. The first-order valence-corrected chi connectivity index (χ1v) is 6.38. The Morgan fingerprint density at radius 3 is 2.31 bits per heavy atom. The average molecular weight is 222 g/mol. The summed E-state index contributed by atoms with van der Waals surface area (Å²) in [5.74, 6) is 1.50. The second-order valence-corrected chi connectivity index (χ2v) is 6.83. The third-order valence-corrected chi connectivity index (χ3v) is 5.97. The predicted octanol–water partition coefficient (Wildman–Crippen LogP) is 2.88. The van der Waals surface area contributed by atoms with E-state index in [1.54, 1.807) is 0 Å². The zero-order valence-electron chi connectivity index (χ0n) is 9.91. The van der Waals surface area contributed by atoms with Crippen molar-refractivity contribution < 1.29 is 14.3 Å². The highest BCUT2D eigenvalue weighted by molar-refractivity contribution is 5.65. The molecule has 0 N–H and O–H groups in total. The van der Waals surface area contributed by atoms with Crippen LogP contribution in [0.25, 0.3) is 0 Å². The lowest BCUT2D eigenvalue weighted by atomic mass is 9.42. The second-order valence-electron chi connectivity index (χ2n) is 6.83. The van der Waals surface area contributed by atoms with Crippen LogP contribution in [0.15, 0.2) is 0 Å². The van der Waals surface area contributed by atoms with Crippen molar-refractivity contribution in [3.05, 3.63) is 0 Å². The van der Waals surface area contributed by atoms with E-state index in [2.05, 4.69) is 13.8 Å². The van der Waals surface area contributed by atoms with E-state index in [4.69, 9.17) is 9.47 Å². The largest absolute Gasteiger partial charge is 0.509 e. The van der Waals surface area contributed by atoms with Gasteiger partial charge < -0.3 is 9.47 Å². The molecule has 0 aromatic carbocycles. The van der Waals surface area contributed by atoms with Gasteiger partial charge in [-0.15, -0.1) is 0 Å². The quantitative estimate of drug-likeness (QED) is 0.591. The number of hydrogen-bond donors (Lipinski definition) is 0. The zero-order chi connectivity index (χ0) is 11.2. The Balaban J connectivity index is 1.91. The lowest BCUT2D eigenvalue weighted by molar-refractivity contribution is -0.234. The summed E-state index contributed by atoms with van der Waals surface area (Å²) < 4.78 is 11.3. The van der Waals surface area contributed by atoms with E-state index in [1.165, 1.54) is 19.3 Å². The number of ether oxygens (including phenoxy) is 2. The van der Waals surface area contributed by atoms with Crippen molar-refractivity contribution >= 4 is 6.16 Å². The van der Waals surface area contributed by atoms with Gasteiger partial charge in [0.2, 0.25) is 0 Å². The van der Waals surface area contributed by atoms with Crippen molar-refractivity contribution in [1.82, 2.24) is 0 Å². The minimum absolute atomic E-state index is 0.142. The number of hydrogen-bond acceptors (Lipinski definition) is 3. The van der Waals surface area contributed by atoms with Crippen molar-refractivity contribution in [3.8, 4) is 0 Å². The van der Waals surface area contributed by atoms with Crippen LogP contribution in [-0.2, 0) is 9.47 Å². The van der Waals surface area contributed by atoms with E-state index in [1.807, 2.05) is 0 Å². The van der Waals surface area contributed by atoms with Crippen LogP contribution in [0.2, 0.25) is 0 Å². The molecule has 3 atom stereocenters. The molecule has 0 radical (unpaired) electrons. The molecular weight excluding hydrogens is 204 g/mol. The molecule has 1 saturated heterocycles. The molecule has 0 aromatic rings. The van der Waals surface area contributed by atoms with Crippen molar-refractivity contribution in [2.24, 2.45) is 17.3 Å². The van der Waals surface area contributed by atoms with Crippen LogP contribution >= 0.6 is 0 Å². The normalized spacial score (nSPS) is 61.8. The molecule has 3 unspecified atom stereocenters. The summed E-state index contributed by atoms with van der Waals surface area (Å²) >= 11 is 0. The minimum atomic E-state index is -0.433. The zero-order valence-corrected chi connectivity index (χ0v) is 9.91. The molecule has 1 spiro atoms. The van der Waals surface area contributed by atoms with Crippen LogP contribution in [0.4, 0.5) is 4.79 Å². The van der Waals surface area contributed by atoms with Crippen molar-refractivity contribution in [3.63, 3.8) is 0 Å². The third-order valence-electron chi connectivity index (χ3n) is 5.97. The smallest absolute Gasteiger partial charge is 0.423 e. The van der Waals surface area contributed by atoms with Crippen LogP contribution in [0, 0.1) is 17.3 Å². The third kappa shape index (κ3) is 0.760. The number of carbonyl (C=O) groups excluding carboxylic acids is 1. The van der Waals surface area contributed by atoms with Gasteiger partial charge in [0.15, 0.2) is 11.2 Å². The highest BCUT2D eigenvalue weighted by atomic mass is 16.8. The molecular formula is C13H18O3. The predicted molar refractivity (Wildman–Crippen MR) is 56.9 cm³/mol. The van der Waals surface area contributed by atoms with Crippen LogP contribution in [-0.4, -0.2) is 17.4 Å². The van der Waals surface area contributed by atoms with Crippen molar-refractivity contribution in [1.29, 1.82) is 0 Å². The number of carbonyl (C=O) groups is 1. The molecule has 5 fully saturated rings. The van der Waals surface area contributed by atoms with Crippen LogP contribution < -0.4 is 0 Å². The van der Waals surface area contributed by atoms with E-state index < -0.39 is 6.16 Å². The van der Waals surface area contributed by atoms with Crippen molar-refractivity contribution in [2.45, 2.75) is 57.2 Å². The summed E-state index contributed by atoms with van der Waals surface area (Å²) in [6.45, 7) is 4.40. The maximum absolute atomic E-state index is 11.6. The van der Waals surface area contributed by atoms with Gasteiger partial charge in [0.05, 0.1) is 0 Å². The van der Waals surface area contributed by atoms with Gasteiger partial charge in [0, 0.05) is 5.41 Å². The Morgan fingerprint density at radius 1 is 1.06 bits per heavy atom. The van der Waals surface area contributed by atoms with Crippen LogP contribution in [0.5, 0.6) is 0 Å². The molecule has 1 heterocycles. The van der Waals surface area contributed by atoms with Gasteiger partial charge in [-0.1, -0.05) is 6.92 Å². The molecule has 4 bridgehead atoms. The Hall–Kier alpha value is -0.730. The molecule has 1 aliphatic heterocycles. The van der Waals surface area contributed by atoms with Crippen molar-refractivity contribution in [2.75, 3.05) is 0 Å². The molecule has 16 heavy (non-hydrogen) atoms. The monoisotopic (exact) mass is 222 g/mol. The first-order chi connectivity index (χ1) is 7.46. The fourth-order valence-electron chi connectivity index (χ4n) is 5.40.